The van der Waals surface area contributed by atoms with E-state index in [0.717, 1.165) is 4.90 Å². The lowest BCUT2D eigenvalue weighted by atomic mass is 10.00. The number of hydrogen-bond donors (Lipinski definition) is 3. The molecule has 0 spiro atoms. The molecule has 2 unspecified atom stereocenters. The van der Waals surface area contributed by atoms with Gasteiger partial charge >= 0.3 is 12.0 Å². The van der Waals surface area contributed by atoms with E-state index < -0.39 is 24.1 Å². The van der Waals surface area contributed by atoms with E-state index in [4.69, 9.17) is 10.8 Å². The van der Waals surface area contributed by atoms with E-state index in [1.807, 2.05) is 0 Å². The first-order chi connectivity index (χ1) is 6.02. The molecule has 1 heterocycles. The topological polar surface area (TPSA) is 104 Å². The molecule has 0 aromatic heterocycles. The lowest BCUT2D eigenvalue weighted by molar-refractivity contribution is -0.144. The molecule has 0 aromatic carbocycles. The first kappa shape index (κ1) is 9.79. The molecular formula is C7H12N2O4. The molecule has 74 valence electrons. The second kappa shape index (κ2) is 3.61. The monoisotopic (exact) mass is 188 g/mol. The fourth-order valence-electron chi connectivity index (χ4n) is 1.44. The molecule has 4 N–H and O–H groups in total. The van der Waals surface area contributed by atoms with Crippen LogP contribution in [0.15, 0.2) is 0 Å². The van der Waals surface area contributed by atoms with Crippen molar-refractivity contribution in [2.24, 2.45) is 5.73 Å². The summed E-state index contributed by atoms with van der Waals surface area (Å²) in [6, 6.07) is -1.74. The third-order valence-electron chi connectivity index (χ3n) is 2.14. The van der Waals surface area contributed by atoms with Gasteiger partial charge in [-0.05, 0) is 6.42 Å². The van der Waals surface area contributed by atoms with Gasteiger partial charge in [-0.3, -0.25) is 0 Å². The SMILES string of the molecule is NC(=O)N1CCC(O)CC1C(=O)O. The summed E-state index contributed by atoms with van der Waals surface area (Å²) in [5.74, 6) is -1.13. The first-order valence-electron chi connectivity index (χ1n) is 3.99. The van der Waals surface area contributed by atoms with Crippen molar-refractivity contribution in [3.05, 3.63) is 0 Å². The highest BCUT2D eigenvalue weighted by atomic mass is 16.4. The average Bonchev–Trinajstić information content (AvgIpc) is 2.03. The van der Waals surface area contributed by atoms with E-state index in [0.29, 0.717) is 6.42 Å². The van der Waals surface area contributed by atoms with Crippen LogP contribution in [0.1, 0.15) is 12.8 Å². The third kappa shape index (κ3) is 2.09. The number of piperidine rings is 1. The van der Waals surface area contributed by atoms with Crippen molar-refractivity contribution in [2.45, 2.75) is 25.0 Å². The highest BCUT2D eigenvalue weighted by molar-refractivity contribution is 5.82. The number of likely N-dealkylation sites (tertiary alicyclic amines) is 1. The quantitative estimate of drug-likeness (QED) is 0.489. The van der Waals surface area contributed by atoms with Crippen LogP contribution in [0.3, 0.4) is 0 Å². The maximum absolute atomic E-state index is 10.8. The van der Waals surface area contributed by atoms with E-state index in [2.05, 4.69) is 0 Å². The summed E-state index contributed by atoms with van der Waals surface area (Å²) in [5, 5.41) is 17.9. The second-order valence-corrected chi connectivity index (χ2v) is 3.06. The van der Waals surface area contributed by atoms with Crippen molar-refractivity contribution in [1.82, 2.24) is 4.90 Å². The van der Waals surface area contributed by atoms with E-state index >= 15 is 0 Å². The lowest BCUT2D eigenvalue weighted by Crippen LogP contribution is -2.53. The number of amides is 2. The number of urea groups is 1. The van der Waals surface area contributed by atoms with Crippen molar-refractivity contribution >= 4 is 12.0 Å². The Labute approximate surface area is 74.9 Å². The predicted octanol–water partition coefficient (Wildman–Crippen LogP) is -1.03. The number of aliphatic hydroxyl groups excluding tert-OH is 1. The molecule has 2 atom stereocenters. The van der Waals surface area contributed by atoms with Crippen molar-refractivity contribution in [2.75, 3.05) is 6.54 Å². The Balaban J connectivity index is 2.72. The number of hydrogen-bond acceptors (Lipinski definition) is 3. The molecule has 13 heavy (non-hydrogen) atoms. The molecule has 2 amide bonds. The fourth-order valence-corrected chi connectivity index (χ4v) is 1.44. The summed E-state index contributed by atoms with van der Waals surface area (Å²) in [7, 11) is 0. The van der Waals surface area contributed by atoms with Crippen molar-refractivity contribution in [1.29, 1.82) is 0 Å². The van der Waals surface area contributed by atoms with Crippen LogP contribution in [0, 0.1) is 0 Å². The zero-order chi connectivity index (χ0) is 10.0. The minimum absolute atomic E-state index is 0.0538. The standard InChI is InChI=1S/C7H12N2O4/c8-7(13)9-2-1-4(10)3-5(9)6(11)12/h4-5,10H,1-3H2,(H2,8,13)(H,11,12). The number of aliphatic hydroxyl groups is 1. The third-order valence-corrected chi connectivity index (χ3v) is 2.14. The van der Waals surface area contributed by atoms with E-state index in [-0.39, 0.29) is 13.0 Å². The van der Waals surface area contributed by atoms with Crippen molar-refractivity contribution < 1.29 is 19.8 Å². The van der Waals surface area contributed by atoms with Gasteiger partial charge in [0.05, 0.1) is 6.10 Å². The Morgan fingerprint density at radius 2 is 2.08 bits per heavy atom. The molecule has 1 rings (SSSR count). The number of nitrogens with two attached hydrogens (primary N) is 1. The van der Waals surface area contributed by atoms with Crippen LogP contribution in [0.25, 0.3) is 0 Å². The van der Waals surface area contributed by atoms with Crippen molar-refractivity contribution in [3.63, 3.8) is 0 Å². The Kier molecular flexibility index (Phi) is 2.72. The Hall–Kier alpha value is -1.30. The van der Waals surface area contributed by atoms with Gasteiger partial charge in [-0.2, -0.15) is 0 Å². The van der Waals surface area contributed by atoms with Gasteiger partial charge in [-0.25, -0.2) is 9.59 Å². The van der Waals surface area contributed by atoms with Gasteiger partial charge in [0.25, 0.3) is 0 Å². The van der Waals surface area contributed by atoms with Crippen molar-refractivity contribution in [3.8, 4) is 0 Å². The van der Waals surface area contributed by atoms with Crippen LogP contribution in [0.5, 0.6) is 0 Å². The van der Waals surface area contributed by atoms with Crippen LogP contribution in [-0.4, -0.2) is 45.8 Å². The van der Waals surface area contributed by atoms with Gasteiger partial charge in [0.1, 0.15) is 6.04 Å². The Morgan fingerprint density at radius 1 is 1.46 bits per heavy atom. The van der Waals surface area contributed by atoms with Gasteiger partial charge in [0, 0.05) is 13.0 Å². The van der Waals surface area contributed by atoms with E-state index in [9.17, 15) is 14.7 Å². The van der Waals surface area contributed by atoms with Gasteiger partial charge in [0.15, 0.2) is 0 Å². The molecule has 0 bridgehead atoms. The van der Waals surface area contributed by atoms with E-state index in [1.165, 1.54) is 0 Å². The number of carbonyl (C=O) groups excluding carboxylic acids is 1. The smallest absolute Gasteiger partial charge is 0.326 e. The average molecular weight is 188 g/mol. The van der Waals surface area contributed by atoms with Gasteiger partial charge < -0.3 is 20.8 Å². The minimum atomic E-state index is -1.13. The Morgan fingerprint density at radius 3 is 2.54 bits per heavy atom. The fraction of sp³-hybridized carbons (Fsp3) is 0.714. The van der Waals surface area contributed by atoms with Crippen LogP contribution < -0.4 is 5.73 Å². The molecule has 1 aliphatic rings. The molecule has 1 saturated heterocycles. The number of rotatable bonds is 1. The number of carboxylic acid groups (broad SMARTS) is 1. The summed E-state index contributed by atoms with van der Waals surface area (Å²) < 4.78 is 0. The Bertz CT molecular complexity index is 231. The zero-order valence-electron chi connectivity index (χ0n) is 7.01. The number of carbonyl (C=O) groups is 2. The molecule has 6 heteroatoms. The van der Waals surface area contributed by atoms with Crippen LogP contribution in [-0.2, 0) is 4.79 Å². The molecule has 0 saturated carbocycles. The minimum Gasteiger partial charge on any atom is -0.480 e. The van der Waals surface area contributed by atoms with Crippen LogP contribution >= 0.6 is 0 Å². The van der Waals surface area contributed by atoms with Crippen LogP contribution in [0.2, 0.25) is 0 Å². The summed E-state index contributed by atoms with van der Waals surface area (Å²) in [4.78, 5) is 22.5. The molecule has 6 nitrogen and oxygen atoms in total. The summed E-state index contributed by atoms with van der Waals surface area (Å²) in [6.07, 6.45) is -0.220. The summed E-state index contributed by atoms with van der Waals surface area (Å²) in [5.41, 5.74) is 4.98. The number of nitrogens with zero attached hydrogens (tertiary/aromatic N) is 1. The van der Waals surface area contributed by atoms with Gasteiger partial charge in [0.2, 0.25) is 0 Å². The number of primary amides is 1. The van der Waals surface area contributed by atoms with Gasteiger partial charge in [-0.15, -0.1) is 0 Å². The highest BCUT2D eigenvalue weighted by Gasteiger charge is 2.34. The second-order valence-electron chi connectivity index (χ2n) is 3.06. The maximum Gasteiger partial charge on any atom is 0.326 e. The normalized spacial score (nSPS) is 28.5. The van der Waals surface area contributed by atoms with Gasteiger partial charge in [-0.1, -0.05) is 0 Å². The summed E-state index contributed by atoms with van der Waals surface area (Å²) in [6.45, 7) is 0.202. The highest BCUT2D eigenvalue weighted by Crippen LogP contribution is 2.17. The maximum atomic E-state index is 10.8. The summed E-state index contributed by atoms with van der Waals surface area (Å²) >= 11 is 0. The molecular weight excluding hydrogens is 176 g/mol. The molecule has 0 aromatic rings. The van der Waals surface area contributed by atoms with E-state index in [1.54, 1.807) is 0 Å². The molecule has 1 fully saturated rings. The van der Waals surface area contributed by atoms with Crippen LogP contribution in [0.4, 0.5) is 4.79 Å². The number of carboxylic acids is 1. The first-order valence-corrected chi connectivity index (χ1v) is 3.99. The molecule has 0 radical (unpaired) electrons. The zero-order valence-corrected chi connectivity index (χ0v) is 7.01. The predicted molar refractivity (Wildman–Crippen MR) is 43.0 cm³/mol. The molecule has 1 aliphatic heterocycles. The number of aliphatic carboxylic acids is 1. The molecule has 0 aliphatic carbocycles. The lowest BCUT2D eigenvalue weighted by Gasteiger charge is -2.33. The largest absolute Gasteiger partial charge is 0.480 e.